The molecule has 0 heterocycles. The minimum Gasteiger partial charge on any atom is -0.463 e. The molecule has 0 unspecified atom stereocenters. The van der Waals surface area contributed by atoms with Crippen molar-refractivity contribution in [1.29, 1.82) is 0 Å². The van der Waals surface area contributed by atoms with E-state index >= 15 is 0 Å². The summed E-state index contributed by atoms with van der Waals surface area (Å²) in [5.74, 6) is -1.33. The number of carbonyl (C=O) groups is 2. The van der Waals surface area contributed by atoms with E-state index in [9.17, 15) is 18.4 Å². The van der Waals surface area contributed by atoms with Crippen LogP contribution in [-0.2, 0) is 19.1 Å². The molecule has 0 saturated heterocycles. The summed E-state index contributed by atoms with van der Waals surface area (Å²) in [5, 5.41) is 0. The van der Waals surface area contributed by atoms with Gasteiger partial charge in [0.25, 0.3) is 0 Å². The molecule has 0 amide bonds. The molecular formula is C26H31BrF2O4. The van der Waals surface area contributed by atoms with Crippen molar-refractivity contribution in [2.24, 2.45) is 0 Å². The van der Waals surface area contributed by atoms with Gasteiger partial charge in [-0.05, 0) is 53.0 Å². The van der Waals surface area contributed by atoms with Crippen molar-refractivity contribution in [3.05, 3.63) is 88.9 Å². The molecule has 0 aromatic heterocycles. The molecule has 0 atom stereocenters. The molecule has 0 N–H and O–H groups in total. The van der Waals surface area contributed by atoms with Gasteiger partial charge in [-0.1, -0.05) is 63.6 Å². The van der Waals surface area contributed by atoms with Gasteiger partial charge in [-0.2, -0.15) is 0 Å². The molecule has 0 spiro atoms. The lowest BCUT2D eigenvalue weighted by molar-refractivity contribution is -0.138. The lowest BCUT2D eigenvalue weighted by atomic mass is 10.2. The van der Waals surface area contributed by atoms with E-state index in [4.69, 9.17) is 4.74 Å². The molecule has 0 aliphatic rings. The van der Waals surface area contributed by atoms with Crippen molar-refractivity contribution in [3.63, 3.8) is 0 Å². The van der Waals surface area contributed by atoms with Crippen LogP contribution >= 0.6 is 15.9 Å². The SMILES string of the molecule is C=CC(=O)OCCCC.CCCCOC(=O)/C=C/c1ccccc1F.Fc1ccccc1Br. The van der Waals surface area contributed by atoms with Gasteiger partial charge in [0.15, 0.2) is 0 Å². The molecular weight excluding hydrogens is 494 g/mol. The van der Waals surface area contributed by atoms with Crippen molar-refractivity contribution in [3.8, 4) is 0 Å². The number of hydrogen-bond donors (Lipinski definition) is 0. The summed E-state index contributed by atoms with van der Waals surface area (Å²) >= 11 is 3.02. The Kier molecular flexibility index (Phi) is 18.2. The summed E-state index contributed by atoms with van der Waals surface area (Å²) in [4.78, 5) is 21.5. The number of esters is 2. The fourth-order valence-corrected chi connectivity index (χ4v) is 2.23. The van der Waals surface area contributed by atoms with Crippen molar-refractivity contribution < 1.29 is 27.8 Å². The van der Waals surface area contributed by atoms with Gasteiger partial charge in [-0.3, -0.25) is 0 Å². The van der Waals surface area contributed by atoms with E-state index in [1.54, 1.807) is 36.4 Å². The highest BCUT2D eigenvalue weighted by Crippen LogP contribution is 2.12. The molecule has 7 heteroatoms. The Hall–Kier alpha value is -2.80. The summed E-state index contributed by atoms with van der Waals surface area (Å²) in [6, 6.07) is 12.8. The zero-order valence-electron chi connectivity index (χ0n) is 19.1. The van der Waals surface area contributed by atoms with Crippen LogP contribution in [0.25, 0.3) is 6.08 Å². The minimum absolute atomic E-state index is 0.215. The first-order chi connectivity index (χ1) is 15.8. The second kappa shape index (κ2) is 19.9. The normalized spacial score (nSPS) is 9.73. The maximum Gasteiger partial charge on any atom is 0.330 e. The second-order valence-electron chi connectivity index (χ2n) is 6.52. The summed E-state index contributed by atoms with van der Waals surface area (Å²) in [6.07, 6.45) is 7.64. The molecule has 4 nitrogen and oxygen atoms in total. The topological polar surface area (TPSA) is 52.6 Å². The average Bonchev–Trinajstić information content (AvgIpc) is 2.81. The summed E-state index contributed by atoms with van der Waals surface area (Å²) in [6.45, 7) is 8.25. The van der Waals surface area contributed by atoms with E-state index in [0.29, 0.717) is 23.2 Å². The number of benzene rings is 2. The Morgan fingerprint density at radius 3 is 1.85 bits per heavy atom. The van der Waals surface area contributed by atoms with Gasteiger partial charge < -0.3 is 9.47 Å². The molecule has 0 saturated carbocycles. The van der Waals surface area contributed by atoms with Crippen molar-refractivity contribution in [1.82, 2.24) is 0 Å². The Morgan fingerprint density at radius 2 is 1.39 bits per heavy atom. The van der Waals surface area contributed by atoms with Crippen LogP contribution in [0.15, 0.2) is 71.7 Å². The predicted octanol–water partition coefficient (Wildman–Crippen LogP) is 7.29. The van der Waals surface area contributed by atoms with Crippen LogP contribution in [0.5, 0.6) is 0 Å². The molecule has 33 heavy (non-hydrogen) atoms. The van der Waals surface area contributed by atoms with E-state index < -0.39 is 5.97 Å². The molecule has 0 radical (unpaired) electrons. The number of ether oxygens (including phenoxy) is 2. The quantitative estimate of drug-likeness (QED) is 0.196. The summed E-state index contributed by atoms with van der Waals surface area (Å²) in [7, 11) is 0. The lowest BCUT2D eigenvalue weighted by Crippen LogP contribution is -2.01. The van der Waals surface area contributed by atoms with Gasteiger partial charge in [-0.15, -0.1) is 0 Å². The monoisotopic (exact) mass is 524 g/mol. The van der Waals surface area contributed by atoms with Crippen LogP contribution in [0.4, 0.5) is 8.78 Å². The van der Waals surface area contributed by atoms with Gasteiger partial charge in [-0.25, -0.2) is 18.4 Å². The number of halogens is 3. The van der Waals surface area contributed by atoms with Crippen LogP contribution in [-0.4, -0.2) is 25.2 Å². The zero-order valence-corrected chi connectivity index (χ0v) is 20.7. The molecule has 0 aliphatic heterocycles. The number of unbranched alkanes of at least 4 members (excludes halogenated alkanes) is 2. The first-order valence-corrected chi connectivity index (χ1v) is 11.4. The standard InChI is InChI=1S/C13H15FO2.C7H12O2.C6H4BrF/c1-2-3-10-16-13(15)9-8-11-6-4-5-7-12(11)14;1-3-5-6-9-7(8)4-2;7-5-3-1-2-4-6(5)8/h4-9H,2-3,10H2,1H3;4H,2-3,5-6H2,1H3;1-4H/b9-8+;;. The number of carbonyl (C=O) groups excluding carboxylic acids is 2. The fourth-order valence-electron chi connectivity index (χ4n) is 1.95. The van der Waals surface area contributed by atoms with Crippen LogP contribution in [0.1, 0.15) is 45.1 Å². The third kappa shape index (κ3) is 16.5. The third-order valence-corrected chi connectivity index (χ3v) is 4.42. The van der Waals surface area contributed by atoms with Gasteiger partial charge in [0.05, 0.1) is 17.7 Å². The fraction of sp³-hybridized carbons (Fsp3) is 0.308. The molecule has 0 fully saturated rings. The number of hydrogen-bond acceptors (Lipinski definition) is 4. The van der Waals surface area contributed by atoms with E-state index in [-0.39, 0.29) is 17.6 Å². The van der Waals surface area contributed by atoms with Gasteiger partial charge >= 0.3 is 11.9 Å². The maximum absolute atomic E-state index is 13.1. The average molecular weight is 525 g/mol. The number of rotatable bonds is 9. The van der Waals surface area contributed by atoms with Crippen LogP contribution < -0.4 is 0 Å². The lowest BCUT2D eigenvalue weighted by Gasteiger charge is -1.99. The summed E-state index contributed by atoms with van der Waals surface area (Å²) < 4.78 is 35.5. The molecule has 2 aromatic carbocycles. The molecule has 0 bridgehead atoms. The predicted molar refractivity (Wildman–Crippen MR) is 131 cm³/mol. The Morgan fingerprint density at radius 1 is 0.879 bits per heavy atom. The van der Waals surface area contributed by atoms with E-state index in [1.165, 1.54) is 30.4 Å². The first-order valence-electron chi connectivity index (χ1n) is 10.6. The summed E-state index contributed by atoms with van der Waals surface area (Å²) in [5.41, 5.74) is 0.384. The molecule has 180 valence electrons. The Balaban J connectivity index is 0.000000510. The van der Waals surface area contributed by atoms with E-state index in [0.717, 1.165) is 25.7 Å². The second-order valence-corrected chi connectivity index (χ2v) is 7.37. The smallest absolute Gasteiger partial charge is 0.330 e. The van der Waals surface area contributed by atoms with Crippen LogP contribution in [0.3, 0.4) is 0 Å². The highest BCUT2D eigenvalue weighted by atomic mass is 79.9. The van der Waals surface area contributed by atoms with Crippen LogP contribution in [0, 0.1) is 11.6 Å². The van der Waals surface area contributed by atoms with Crippen molar-refractivity contribution in [2.45, 2.75) is 39.5 Å². The largest absolute Gasteiger partial charge is 0.463 e. The molecule has 2 rings (SSSR count). The van der Waals surface area contributed by atoms with Crippen molar-refractivity contribution >= 4 is 33.9 Å². The Labute approximate surface area is 203 Å². The molecule has 0 aliphatic carbocycles. The Bertz CT molecular complexity index is 848. The molecule has 2 aromatic rings. The van der Waals surface area contributed by atoms with Gasteiger partial charge in [0, 0.05) is 17.7 Å². The van der Waals surface area contributed by atoms with Crippen molar-refractivity contribution in [2.75, 3.05) is 13.2 Å². The highest BCUT2D eigenvalue weighted by molar-refractivity contribution is 9.10. The van der Waals surface area contributed by atoms with Crippen LogP contribution in [0.2, 0.25) is 0 Å². The minimum atomic E-state index is -0.434. The van der Waals surface area contributed by atoms with E-state index in [2.05, 4.69) is 27.2 Å². The first kappa shape index (κ1) is 30.2. The highest BCUT2D eigenvalue weighted by Gasteiger charge is 1.99. The maximum atomic E-state index is 13.1. The van der Waals surface area contributed by atoms with Gasteiger partial charge in [0.2, 0.25) is 0 Å². The van der Waals surface area contributed by atoms with E-state index in [1.807, 2.05) is 13.8 Å². The van der Waals surface area contributed by atoms with Gasteiger partial charge in [0.1, 0.15) is 11.6 Å². The third-order valence-electron chi connectivity index (χ3n) is 3.78. The zero-order chi connectivity index (χ0) is 24.9.